The number of aromatic nitrogens is 3. The van der Waals surface area contributed by atoms with Crippen molar-refractivity contribution in [3.63, 3.8) is 0 Å². The number of methoxy groups -OCH3 is 1. The van der Waals surface area contributed by atoms with Gasteiger partial charge in [-0.3, -0.25) is 0 Å². The largest absolute Gasteiger partial charge is 0.748 e. The molecule has 0 aliphatic heterocycles. The predicted octanol–water partition coefficient (Wildman–Crippen LogP) is 0.0464. The second-order valence-corrected chi connectivity index (χ2v) is 6.00. The highest BCUT2D eigenvalue weighted by Crippen LogP contribution is 2.26. The maximum absolute atomic E-state index is 10.5. The van der Waals surface area contributed by atoms with Crippen LogP contribution in [-0.4, -0.2) is 35.3 Å². The smallest absolute Gasteiger partial charge is 0.225 e. The first-order valence-electron chi connectivity index (χ1n) is 5.28. The van der Waals surface area contributed by atoms with Gasteiger partial charge >= 0.3 is 0 Å². The maximum Gasteiger partial charge on any atom is 0.225 e. The van der Waals surface area contributed by atoms with E-state index in [1.165, 1.54) is 16.2 Å². The minimum Gasteiger partial charge on any atom is -0.748 e. The van der Waals surface area contributed by atoms with E-state index in [9.17, 15) is 13.0 Å². The van der Waals surface area contributed by atoms with E-state index in [0.717, 1.165) is 10.4 Å². The van der Waals surface area contributed by atoms with E-state index in [-0.39, 0.29) is 6.54 Å². The van der Waals surface area contributed by atoms with Gasteiger partial charge in [-0.2, -0.15) is 4.37 Å². The van der Waals surface area contributed by atoms with Crippen molar-refractivity contribution in [1.29, 1.82) is 0 Å². The molecule has 7 nitrogen and oxygen atoms in total. The Bertz CT molecular complexity index is 652. The maximum atomic E-state index is 10.5. The zero-order valence-electron chi connectivity index (χ0n) is 10.0. The SMILES string of the molecule is COc1cc(-c2cc[n+](CCS(=O)(=O)[O-])nc2)sn1. The van der Waals surface area contributed by atoms with Gasteiger partial charge < -0.3 is 9.29 Å². The summed E-state index contributed by atoms with van der Waals surface area (Å²) in [5, 5.41) is 4.04. The number of hydrogen-bond donors (Lipinski definition) is 0. The summed E-state index contributed by atoms with van der Waals surface area (Å²) in [4.78, 5) is 0.896. The third-order valence-corrected chi connectivity index (χ3v) is 3.83. The highest BCUT2D eigenvalue weighted by Gasteiger charge is 2.09. The molecule has 0 saturated carbocycles. The van der Waals surface area contributed by atoms with Crippen LogP contribution in [-0.2, 0) is 16.7 Å². The van der Waals surface area contributed by atoms with E-state index in [1.807, 2.05) is 0 Å². The van der Waals surface area contributed by atoms with Crippen LogP contribution in [0.3, 0.4) is 0 Å². The minimum atomic E-state index is -4.22. The molecule has 0 spiro atoms. The van der Waals surface area contributed by atoms with Crippen molar-refractivity contribution in [2.75, 3.05) is 12.9 Å². The molecule has 0 radical (unpaired) electrons. The van der Waals surface area contributed by atoms with Crippen molar-refractivity contribution in [3.05, 3.63) is 24.5 Å². The van der Waals surface area contributed by atoms with E-state index in [0.29, 0.717) is 5.88 Å². The van der Waals surface area contributed by atoms with Gasteiger partial charge in [-0.1, -0.05) is 4.68 Å². The van der Waals surface area contributed by atoms with Crippen LogP contribution < -0.4 is 9.42 Å². The van der Waals surface area contributed by atoms with Crippen molar-refractivity contribution in [3.8, 4) is 16.3 Å². The molecule has 2 heterocycles. The van der Waals surface area contributed by atoms with Crippen LogP contribution in [0.2, 0.25) is 0 Å². The fraction of sp³-hybridized carbons (Fsp3) is 0.300. The van der Waals surface area contributed by atoms with Crippen molar-refractivity contribution in [1.82, 2.24) is 9.47 Å². The van der Waals surface area contributed by atoms with Crippen LogP contribution in [0, 0.1) is 0 Å². The van der Waals surface area contributed by atoms with Crippen LogP contribution in [0.4, 0.5) is 0 Å². The fourth-order valence-corrected chi connectivity index (χ4v) is 2.46. The lowest BCUT2D eigenvalue weighted by atomic mass is 10.2. The molecule has 2 aromatic rings. The first-order chi connectivity index (χ1) is 8.98. The summed E-state index contributed by atoms with van der Waals surface area (Å²) in [6.45, 7) is 0.0398. The molecule has 0 aromatic carbocycles. The first-order valence-corrected chi connectivity index (χ1v) is 7.63. The van der Waals surface area contributed by atoms with Crippen molar-refractivity contribution >= 4 is 21.7 Å². The molecule has 0 saturated heterocycles. The van der Waals surface area contributed by atoms with Crippen molar-refractivity contribution in [2.24, 2.45) is 0 Å². The Morgan fingerprint density at radius 1 is 1.53 bits per heavy atom. The van der Waals surface area contributed by atoms with Gasteiger partial charge in [0, 0.05) is 17.7 Å². The van der Waals surface area contributed by atoms with Gasteiger partial charge in [0.15, 0.2) is 12.7 Å². The molecular formula is C10H11N3O4S2. The van der Waals surface area contributed by atoms with E-state index < -0.39 is 15.9 Å². The molecule has 0 fully saturated rings. The fourth-order valence-electron chi connectivity index (χ4n) is 1.36. The zero-order chi connectivity index (χ0) is 13.9. The highest BCUT2D eigenvalue weighted by atomic mass is 32.2. The van der Waals surface area contributed by atoms with Crippen LogP contribution >= 0.6 is 11.5 Å². The molecule has 9 heteroatoms. The van der Waals surface area contributed by atoms with Crippen LogP contribution in [0.15, 0.2) is 24.5 Å². The Balaban J connectivity index is 2.10. The average molecular weight is 301 g/mol. The number of hydrogen-bond acceptors (Lipinski definition) is 7. The standard InChI is InChI=1S/C10H11N3O4S2/c1-17-10-6-9(18-12-10)8-2-3-13(11-7-8)4-5-19(14,15)16/h2-3,6-7H,4-5H2,1H3. The third-order valence-electron chi connectivity index (χ3n) is 2.32. The summed E-state index contributed by atoms with van der Waals surface area (Å²) in [6, 6.07) is 3.56. The second-order valence-electron chi connectivity index (χ2n) is 3.67. The Kier molecular flexibility index (Phi) is 4.08. The van der Waals surface area contributed by atoms with Gasteiger partial charge in [-0.15, -0.1) is 0 Å². The lowest BCUT2D eigenvalue weighted by molar-refractivity contribution is -0.750. The van der Waals surface area contributed by atoms with Crippen LogP contribution in [0.5, 0.6) is 5.88 Å². The lowest BCUT2D eigenvalue weighted by Gasteiger charge is -2.02. The monoisotopic (exact) mass is 301 g/mol. The molecule has 2 aromatic heterocycles. The molecule has 0 unspecified atom stereocenters. The lowest BCUT2D eigenvalue weighted by Crippen LogP contribution is -2.40. The van der Waals surface area contributed by atoms with Gasteiger partial charge in [0.05, 0.1) is 17.7 Å². The van der Waals surface area contributed by atoms with Gasteiger partial charge in [-0.05, 0) is 16.6 Å². The van der Waals surface area contributed by atoms with E-state index in [4.69, 9.17) is 4.74 Å². The van der Waals surface area contributed by atoms with Crippen molar-refractivity contribution < 1.29 is 22.4 Å². The molecular weight excluding hydrogens is 290 g/mol. The molecule has 0 aliphatic carbocycles. The average Bonchev–Trinajstić information content (AvgIpc) is 2.85. The second kappa shape index (κ2) is 5.59. The molecule has 0 amide bonds. The summed E-state index contributed by atoms with van der Waals surface area (Å²) < 4.78 is 42.0. The summed E-state index contributed by atoms with van der Waals surface area (Å²) in [6.07, 6.45) is 3.21. The Hall–Kier alpha value is -1.58. The number of ether oxygens (including phenoxy) is 1. The molecule has 0 bridgehead atoms. The minimum absolute atomic E-state index is 0.0398. The molecule has 19 heavy (non-hydrogen) atoms. The summed E-state index contributed by atoms with van der Waals surface area (Å²) >= 11 is 1.28. The van der Waals surface area contributed by atoms with Crippen LogP contribution in [0.1, 0.15) is 0 Å². The summed E-state index contributed by atoms with van der Waals surface area (Å²) in [5.74, 6) is 0.0625. The van der Waals surface area contributed by atoms with Gasteiger partial charge in [0.1, 0.15) is 16.3 Å². The van der Waals surface area contributed by atoms with Crippen molar-refractivity contribution in [2.45, 2.75) is 6.54 Å². The molecule has 0 aliphatic rings. The first kappa shape index (κ1) is 13.8. The van der Waals surface area contributed by atoms with Gasteiger partial charge in [0.25, 0.3) is 0 Å². The Morgan fingerprint density at radius 3 is 2.84 bits per heavy atom. The Labute approximate surface area is 114 Å². The summed E-state index contributed by atoms with van der Waals surface area (Å²) in [5.41, 5.74) is 0.849. The van der Waals surface area contributed by atoms with E-state index in [2.05, 4.69) is 9.47 Å². The zero-order valence-corrected chi connectivity index (χ0v) is 11.6. The quantitative estimate of drug-likeness (QED) is 0.572. The van der Waals surface area contributed by atoms with Gasteiger partial charge in [-0.25, -0.2) is 8.42 Å². The predicted molar refractivity (Wildman–Crippen MR) is 66.7 cm³/mol. The topological polar surface area (TPSA) is 96.1 Å². The summed E-state index contributed by atoms with van der Waals surface area (Å²) in [7, 11) is -2.68. The Morgan fingerprint density at radius 2 is 2.32 bits per heavy atom. The van der Waals surface area contributed by atoms with Gasteiger partial charge in [0.2, 0.25) is 5.88 Å². The van der Waals surface area contributed by atoms with Crippen LogP contribution in [0.25, 0.3) is 10.4 Å². The normalized spacial score (nSPS) is 11.5. The molecule has 0 atom stereocenters. The molecule has 0 N–H and O–H groups in total. The number of aryl methyl sites for hydroxylation is 1. The number of nitrogens with zero attached hydrogens (tertiary/aromatic N) is 3. The van der Waals surface area contributed by atoms with E-state index >= 15 is 0 Å². The number of rotatable bonds is 5. The highest BCUT2D eigenvalue weighted by molar-refractivity contribution is 7.85. The molecule has 2 rings (SSSR count). The third kappa shape index (κ3) is 3.94. The van der Waals surface area contributed by atoms with E-state index in [1.54, 1.807) is 31.6 Å². The molecule has 102 valence electrons.